The highest BCUT2D eigenvalue weighted by Crippen LogP contribution is 2.35. The third-order valence-electron chi connectivity index (χ3n) is 4.06. The van der Waals surface area contributed by atoms with E-state index in [0.717, 1.165) is 36.4 Å². The molecule has 118 valence electrons. The fourth-order valence-electron chi connectivity index (χ4n) is 2.82. The number of hydrogen-bond donors (Lipinski definition) is 0. The van der Waals surface area contributed by atoms with Crippen LogP contribution in [0.4, 0.5) is 0 Å². The molecule has 2 unspecified atom stereocenters. The van der Waals surface area contributed by atoms with Crippen LogP contribution in [0.1, 0.15) is 37.4 Å². The number of nitriles is 1. The first-order chi connectivity index (χ1) is 11.6. The molecule has 0 N–H and O–H groups in total. The van der Waals surface area contributed by atoms with Crippen LogP contribution in [0, 0.1) is 17.2 Å². The van der Waals surface area contributed by atoms with Crippen LogP contribution in [0.25, 0.3) is 0 Å². The van der Waals surface area contributed by atoms with E-state index < -0.39 is 5.89 Å². The molecule has 0 amide bonds. The maximum absolute atomic E-state index is 10.7. The third-order valence-corrected chi connectivity index (χ3v) is 5.31. The Morgan fingerprint density at radius 2 is 2.39 bits per heavy atom. The summed E-state index contributed by atoms with van der Waals surface area (Å²) in [6.45, 7) is 0.970. The molecule has 0 aromatic carbocycles. The van der Waals surface area contributed by atoms with Gasteiger partial charge in [0.2, 0.25) is 0 Å². The Morgan fingerprint density at radius 1 is 1.48 bits per heavy atom. The van der Waals surface area contributed by atoms with Crippen molar-refractivity contribution in [3.8, 4) is 6.07 Å². The van der Waals surface area contributed by atoms with Crippen LogP contribution in [0.2, 0.25) is 0 Å². The first-order valence-electron chi connectivity index (χ1n) is 8.29. The van der Waals surface area contributed by atoms with E-state index in [1.807, 2.05) is 24.3 Å². The van der Waals surface area contributed by atoms with Crippen molar-refractivity contribution in [2.45, 2.75) is 36.1 Å². The van der Waals surface area contributed by atoms with Gasteiger partial charge in [-0.25, -0.2) is 4.98 Å². The van der Waals surface area contributed by atoms with Crippen LogP contribution in [0.3, 0.4) is 0 Å². The van der Waals surface area contributed by atoms with Crippen LogP contribution < -0.4 is 0 Å². The molecule has 0 spiro atoms. The molecule has 0 saturated carbocycles. The molecule has 5 heteroatoms. The highest BCUT2D eigenvalue weighted by atomic mass is 32.2. The first kappa shape index (κ1) is 14.5. The Hall–Kier alpha value is -2.06. The Kier molecular flexibility index (Phi) is 4.72. The number of aldehydes is 1. The summed E-state index contributed by atoms with van der Waals surface area (Å²) in [6.07, 6.45) is 11.8. The highest BCUT2D eigenvalue weighted by molar-refractivity contribution is 7.99. The average Bonchev–Trinajstić information content (AvgIpc) is 2.64. The van der Waals surface area contributed by atoms with Gasteiger partial charge >= 0.3 is 0 Å². The summed E-state index contributed by atoms with van der Waals surface area (Å²) in [5.41, 5.74) is 1.68. The molecule has 0 radical (unpaired) electrons. The van der Waals surface area contributed by atoms with Crippen molar-refractivity contribution in [3.63, 3.8) is 0 Å². The number of hydrogen-bond acceptors (Lipinski definition) is 5. The zero-order valence-corrected chi connectivity index (χ0v) is 13.6. The Morgan fingerprint density at radius 3 is 3.04 bits per heavy atom. The number of rotatable bonds is 4. The number of aromatic nitrogens is 1. The predicted octanol–water partition coefficient (Wildman–Crippen LogP) is 3.78. The van der Waals surface area contributed by atoms with Crippen molar-refractivity contribution in [1.82, 2.24) is 9.88 Å². The zero-order valence-electron chi connectivity index (χ0n) is 13.8. The van der Waals surface area contributed by atoms with Crippen molar-refractivity contribution < 1.29 is 6.17 Å². The summed E-state index contributed by atoms with van der Waals surface area (Å²) in [5.74, 6) is -1.13. The summed E-state index contributed by atoms with van der Waals surface area (Å²) < 4.78 is 7.99. The van der Waals surface area contributed by atoms with E-state index in [4.69, 9.17) is 6.63 Å². The van der Waals surface area contributed by atoms with Crippen LogP contribution in [-0.4, -0.2) is 28.1 Å². The molecule has 4 nitrogen and oxygen atoms in total. The second-order valence-corrected chi connectivity index (χ2v) is 6.81. The van der Waals surface area contributed by atoms with Crippen LogP contribution in [0.15, 0.2) is 47.3 Å². The Labute approximate surface area is 142 Å². The number of carbonyl (C=O) groups excluding carboxylic acids is 1. The van der Waals surface area contributed by atoms with Gasteiger partial charge in [-0.1, -0.05) is 23.9 Å². The lowest BCUT2D eigenvalue weighted by Gasteiger charge is -2.38. The van der Waals surface area contributed by atoms with Gasteiger partial charge < -0.3 is 4.90 Å². The smallest absolute Gasteiger partial charge is 0.151 e. The minimum absolute atomic E-state index is 0.282. The molecule has 3 rings (SSSR count). The number of likely N-dealkylation sites (tertiary alicyclic amines) is 1. The standard InChI is InChI=1S/C18H19N3OS/c19-11-14-4-7-16(8-5-14)21-10-2-1-3-18(21)23-17-9-6-15(13-22)12-20-17/h4,6-9,12-14,18H,1-3,5,10H2/i14D. The molecular weight excluding hydrogens is 306 g/mol. The average molecular weight is 326 g/mol. The molecule has 1 aliphatic heterocycles. The highest BCUT2D eigenvalue weighted by Gasteiger charge is 2.25. The molecule has 1 aromatic heterocycles. The Bertz CT molecular complexity index is 710. The van der Waals surface area contributed by atoms with Crippen molar-refractivity contribution in [2.24, 2.45) is 5.89 Å². The summed E-state index contributed by atoms with van der Waals surface area (Å²) in [5, 5.41) is 10.3. The summed E-state index contributed by atoms with van der Waals surface area (Å²) in [6, 6.07) is 5.71. The van der Waals surface area contributed by atoms with Crippen molar-refractivity contribution in [1.29, 1.82) is 5.26 Å². The van der Waals surface area contributed by atoms with Crippen LogP contribution >= 0.6 is 11.8 Å². The number of pyridine rings is 1. The van der Waals surface area contributed by atoms with Crippen LogP contribution in [0.5, 0.6) is 0 Å². The summed E-state index contributed by atoms with van der Waals surface area (Å²) >= 11 is 1.70. The first-order valence-corrected chi connectivity index (χ1v) is 8.67. The lowest BCUT2D eigenvalue weighted by Crippen LogP contribution is -2.36. The van der Waals surface area contributed by atoms with Gasteiger partial charge in [-0.05, 0) is 43.9 Å². The molecule has 1 aromatic rings. The molecule has 2 heterocycles. The molecule has 1 aliphatic carbocycles. The van der Waals surface area contributed by atoms with Gasteiger partial charge in [-0.15, -0.1) is 0 Å². The minimum Gasteiger partial charge on any atom is -0.359 e. The van der Waals surface area contributed by atoms with Crippen LogP contribution in [-0.2, 0) is 0 Å². The molecule has 23 heavy (non-hydrogen) atoms. The molecular formula is C18H19N3OS. The number of allylic oxidation sites excluding steroid dienone is 3. The van der Waals surface area contributed by atoms with Gasteiger partial charge in [0, 0.05) is 24.0 Å². The second-order valence-electron chi connectivity index (χ2n) is 5.61. The van der Waals surface area contributed by atoms with Crippen molar-refractivity contribution >= 4 is 18.0 Å². The number of carbonyl (C=O) groups is 1. The fourth-order valence-corrected chi connectivity index (χ4v) is 4.00. The quantitative estimate of drug-likeness (QED) is 0.788. The van der Waals surface area contributed by atoms with Gasteiger partial charge in [-0.2, -0.15) is 5.26 Å². The van der Waals surface area contributed by atoms with E-state index in [-0.39, 0.29) is 5.37 Å². The van der Waals surface area contributed by atoms with E-state index >= 15 is 0 Å². The van der Waals surface area contributed by atoms with E-state index in [1.165, 1.54) is 6.42 Å². The minimum atomic E-state index is -1.13. The Balaban J connectivity index is 1.73. The molecule has 2 atom stereocenters. The van der Waals surface area contributed by atoms with Crippen molar-refractivity contribution in [3.05, 3.63) is 47.8 Å². The van der Waals surface area contributed by atoms with E-state index in [2.05, 4.69) is 9.88 Å². The zero-order chi connectivity index (χ0) is 17.0. The maximum Gasteiger partial charge on any atom is 0.151 e. The lowest BCUT2D eigenvalue weighted by atomic mass is 9.99. The molecule has 2 aliphatic rings. The van der Waals surface area contributed by atoms with E-state index in [1.54, 1.807) is 30.1 Å². The van der Waals surface area contributed by atoms with Gasteiger partial charge in [0.25, 0.3) is 0 Å². The van der Waals surface area contributed by atoms with Crippen molar-refractivity contribution in [2.75, 3.05) is 6.54 Å². The topological polar surface area (TPSA) is 57.0 Å². The summed E-state index contributed by atoms with van der Waals surface area (Å²) in [7, 11) is 0. The van der Waals surface area contributed by atoms with Gasteiger partial charge in [0.05, 0.1) is 23.7 Å². The van der Waals surface area contributed by atoms with E-state index in [9.17, 15) is 4.79 Å². The number of thioether (sulfide) groups is 1. The predicted molar refractivity (Wildman–Crippen MR) is 90.8 cm³/mol. The molecule has 1 fully saturated rings. The van der Waals surface area contributed by atoms with Gasteiger partial charge in [-0.3, -0.25) is 4.79 Å². The number of nitrogens with zero attached hydrogens (tertiary/aromatic N) is 3. The largest absolute Gasteiger partial charge is 0.359 e. The second kappa shape index (κ2) is 7.47. The summed E-state index contributed by atoms with van der Waals surface area (Å²) in [4.78, 5) is 17.4. The monoisotopic (exact) mass is 326 g/mol. The lowest BCUT2D eigenvalue weighted by molar-refractivity contribution is 0.112. The SMILES string of the molecule is [2H]C1(C#N)C=CC(N2CCCCC2Sc2ccc(C=O)cn2)=CC1. The maximum atomic E-state index is 10.7. The molecule has 1 saturated heterocycles. The normalized spacial score (nSPS) is 27.8. The van der Waals surface area contributed by atoms with Gasteiger partial charge in [0.1, 0.15) is 0 Å². The fraction of sp³-hybridized carbons (Fsp3) is 0.389. The van der Waals surface area contributed by atoms with Gasteiger partial charge in [0.15, 0.2) is 6.29 Å². The molecule has 0 bridgehead atoms. The van der Waals surface area contributed by atoms with E-state index in [0.29, 0.717) is 12.0 Å². The number of piperidine rings is 1. The third kappa shape index (κ3) is 3.83.